The Kier molecular flexibility index (Phi) is 6.92. The molecular formula is C29H38BN4O6. The molecule has 0 saturated heterocycles. The number of nitrogens with zero attached hydrogens (tertiary/aromatic N) is 3. The Labute approximate surface area is 235 Å². The van der Waals surface area contributed by atoms with E-state index in [2.05, 4.69) is 11.9 Å². The van der Waals surface area contributed by atoms with Crippen molar-refractivity contribution in [3.8, 4) is 5.75 Å². The van der Waals surface area contributed by atoms with Crippen LogP contribution in [0.5, 0.6) is 5.75 Å². The maximum absolute atomic E-state index is 14.1. The molecule has 0 bridgehead atoms. The second-order valence-corrected chi connectivity index (χ2v) is 12.2. The fraction of sp³-hybridized carbons (Fsp3) is 0.552. The molecule has 40 heavy (non-hydrogen) atoms. The van der Waals surface area contributed by atoms with Crippen molar-refractivity contribution in [2.75, 3.05) is 40.1 Å². The van der Waals surface area contributed by atoms with Crippen LogP contribution in [0.1, 0.15) is 42.4 Å². The molecule has 0 spiro atoms. The summed E-state index contributed by atoms with van der Waals surface area (Å²) in [5.74, 6) is -4.30. The summed E-state index contributed by atoms with van der Waals surface area (Å²) in [4.78, 5) is 32.2. The summed E-state index contributed by atoms with van der Waals surface area (Å²) in [6.45, 7) is 0.616. The Morgan fingerprint density at radius 1 is 1.15 bits per heavy atom. The summed E-state index contributed by atoms with van der Waals surface area (Å²) in [5, 5.41) is 45.7. The molecule has 0 aliphatic heterocycles. The van der Waals surface area contributed by atoms with Crippen LogP contribution in [0, 0.1) is 11.8 Å². The van der Waals surface area contributed by atoms with Crippen LogP contribution >= 0.6 is 0 Å². The molecule has 1 aromatic rings. The van der Waals surface area contributed by atoms with Gasteiger partial charge in [0.1, 0.15) is 0 Å². The number of aliphatic hydroxyl groups excluding tert-OH is 2. The number of phenols is 1. The van der Waals surface area contributed by atoms with Gasteiger partial charge in [0.15, 0.2) is 0 Å². The van der Waals surface area contributed by atoms with Crippen molar-refractivity contribution < 1.29 is 30.0 Å². The predicted molar refractivity (Wildman–Crippen MR) is 153 cm³/mol. The molecule has 213 valence electrons. The van der Waals surface area contributed by atoms with Crippen LogP contribution in [0.4, 0.5) is 5.69 Å². The first-order valence-electron chi connectivity index (χ1n) is 13.7. The normalized spacial score (nSPS) is 28.4. The van der Waals surface area contributed by atoms with Gasteiger partial charge in [-0.25, -0.2) is 0 Å². The van der Waals surface area contributed by atoms with E-state index >= 15 is 0 Å². The number of carbonyl (C=O) groups excluding carboxylic acids is 2. The third-order valence-electron chi connectivity index (χ3n) is 9.44. The molecule has 1 amide bonds. The van der Waals surface area contributed by atoms with E-state index in [0.29, 0.717) is 19.0 Å². The number of carbonyl (C=O) groups is 2. The number of amides is 1. The topological polar surface area (TPSA) is 151 Å². The average Bonchev–Trinajstić information content (AvgIpc) is 2.79. The molecule has 2 fully saturated rings. The van der Waals surface area contributed by atoms with Crippen LogP contribution in [-0.2, 0) is 22.6 Å². The van der Waals surface area contributed by atoms with Gasteiger partial charge >= 0.3 is 216 Å². The van der Waals surface area contributed by atoms with Gasteiger partial charge in [-0.05, 0) is 12.8 Å². The van der Waals surface area contributed by atoms with Gasteiger partial charge < -0.3 is 0 Å². The molecule has 5 rings (SSSR count). The molecule has 1 aromatic carbocycles. The molecule has 0 heterocycles. The summed E-state index contributed by atoms with van der Waals surface area (Å²) in [6.07, 6.45) is 3.98. The average molecular weight is 549 g/mol. The van der Waals surface area contributed by atoms with Gasteiger partial charge in [0.25, 0.3) is 0 Å². The van der Waals surface area contributed by atoms with Crippen molar-refractivity contribution >= 4 is 36.1 Å². The molecule has 4 atom stereocenters. The second kappa shape index (κ2) is 9.75. The Morgan fingerprint density at radius 3 is 2.33 bits per heavy atom. The first-order chi connectivity index (χ1) is 18.7. The molecule has 6 N–H and O–H groups in total. The van der Waals surface area contributed by atoms with E-state index in [1.54, 1.807) is 25.1 Å². The monoisotopic (exact) mass is 549 g/mol. The number of hydrogen-bond donors (Lipinski definition) is 5. The summed E-state index contributed by atoms with van der Waals surface area (Å²) in [7, 11) is 15.4. The number of ketones is 1. The number of aliphatic hydroxyl groups is 3. The van der Waals surface area contributed by atoms with Crippen LogP contribution in [0.15, 0.2) is 23.0 Å². The van der Waals surface area contributed by atoms with Crippen molar-refractivity contribution in [3.05, 3.63) is 39.7 Å². The number of Topliss-reactive ketones (excluding diaryl/α,β-unsaturated/α-hetero) is 1. The quantitative estimate of drug-likeness (QED) is 0.325. The van der Waals surface area contributed by atoms with Crippen LogP contribution in [0.2, 0.25) is 0 Å². The molecular weight excluding hydrogens is 511 g/mol. The number of rotatable bonds is 6. The van der Waals surface area contributed by atoms with Crippen LogP contribution < -0.4 is 10.6 Å². The van der Waals surface area contributed by atoms with Crippen LogP contribution in [0.25, 0.3) is 5.76 Å². The number of benzene rings is 1. The number of nitrogens with two attached hydrogens (primary N) is 1. The second-order valence-electron chi connectivity index (χ2n) is 12.2. The predicted octanol–water partition coefficient (Wildman–Crippen LogP) is 0.786. The fourth-order valence-electron chi connectivity index (χ4n) is 7.37. The van der Waals surface area contributed by atoms with Crippen molar-refractivity contribution in [2.45, 2.75) is 56.3 Å². The molecule has 4 aliphatic carbocycles. The zero-order valence-electron chi connectivity index (χ0n) is 23.7. The van der Waals surface area contributed by atoms with Crippen molar-refractivity contribution in [1.82, 2.24) is 9.80 Å². The Morgan fingerprint density at radius 2 is 1.80 bits per heavy atom. The van der Waals surface area contributed by atoms with Gasteiger partial charge in [0.05, 0.1) is 0 Å². The Bertz CT molecular complexity index is 1380. The van der Waals surface area contributed by atoms with Gasteiger partial charge in [-0.1, -0.05) is 6.42 Å². The summed E-state index contributed by atoms with van der Waals surface area (Å²) in [6, 6.07) is 1.21. The standard InChI is InChI=1S/C29H38BN4O6/c1-32(2)22-14(12-34(5)15-7-6-8-15)11-18(35)20-16(22)9-13-10-17-23(33(3)4)25(37)21(28(31)39)26(30)29(17,40)27(38)19(13)24(20)36/h11,13,15,17,23,35-37,40H,6-10,12H2,1-5H3,(H2,31,39)/t13-,17-,23-,29+/m0/s1. The van der Waals surface area contributed by atoms with Gasteiger partial charge in [-0.3, -0.25) is 0 Å². The van der Waals surface area contributed by atoms with Crippen molar-refractivity contribution in [3.63, 3.8) is 0 Å². The van der Waals surface area contributed by atoms with Crippen LogP contribution in [0.3, 0.4) is 0 Å². The van der Waals surface area contributed by atoms with E-state index in [4.69, 9.17) is 13.2 Å². The minimum absolute atomic E-state index is 0.0451. The molecule has 10 nitrogen and oxygen atoms in total. The first kappa shape index (κ1) is 28.4. The van der Waals surface area contributed by atoms with Gasteiger partial charge in [-0.2, -0.15) is 0 Å². The van der Waals surface area contributed by atoms with Crippen molar-refractivity contribution in [2.24, 2.45) is 17.6 Å². The van der Waals surface area contributed by atoms with E-state index in [1.807, 2.05) is 19.0 Å². The molecule has 2 saturated carbocycles. The van der Waals surface area contributed by atoms with Gasteiger partial charge in [0, 0.05) is 0 Å². The molecule has 1 radical (unpaired) electrons. The molecule has 0 aromatic heterocycles. The van der Waals surface area contributed by atoms with Crippen molar-refractivity contribution in [1.29, 1.82) is 0 Å². The molecule has 0 unspecified atom stereocenters. The SMILES string of the molecule is [B]=C1C(C(N)=O)=C(O)[C@@H](N(C)C)[C@@H]2C[C@@H]3Cc4c(c(O)cc(CN(C)C5CCC5)c4N(C)C)C(O)=C3C(=O)[C@]12O. The van der Waals surface area contributed by atoms with Crippen LogP contribution in [-0.4, -0.2) is 108 Å². The molecule has 11 heteroatoms. The van der Waals surface area contributed by atoms with E-state index < -0.39 is 57.7 Å². The number of likely N-dealkylation sites (N-methyl/N-ethyl adjacent to an activating group) is 1. The first-order valence-corrected chi connectivity index (χ1v) is 13.7. The number of anilines is 1. The minimum atomic E-state index is -2.38. The Balaban J connectivity index is 1.66. The van der Waals surface area contributed by atoms with E-state index in [9.17, 15) is 30.0 Å². The number of hydrogen-bond acceptors (Lipinski definition) is 9. The Hall–Kier alpha value is -3.15. The van der Waals surface area contributed by atoms with Gasteiger partial charge in [-0.15, -0.1) is 0 Å². The summed E-state index contributed by atoms with van der Waals surface area (Å²) >= 11 is 0. The zero-order chi connectivity index (χ0) is 29.4. The number of fused-ring (bicyclic) bond motifs is 3. The summed E-state index contributed by atoms with van der Waals surface area (Å²) < 4.78 is 0. The third kappa shape index (κ3) is 3.93. The maximum atomic E-state index is 14.1. The van der Waals surface area contributed by atoms with E-state index in [0.717, 1.165) is 29.7 Å². The number of phenolic OH excluding ortho intramolecular Hbond substituents is 1. The van der Waals surface area contributed by atoms with E-state index in [-0.39, 0.29) is 23.3 Å². The number of primary amides is 1. The van der Waals surface area contributed by atoms with E-state index in [1.165, 1.54) is 6.42 Å². The third-order valence-corrected chi connectivity index (χ3v) is 9.44. The van der Waals surface area contributed by atoms with Gasteiger partial charge in [0.2, 0.25) is 0 Å². The number of aromatic hydroxyl groups is 1. The molecule has 4 aliphatic rings. The summed E-state index contributed by atoms with van der Waals surface area (Å²) in [5.41, 5.74) is 4.73. The fourth-order valence-corrected chi connectivity index (χ4v) is 7.37. The zero-order valence-corrected chi connectivity index (χ0v) is 23.7.